The van der Waals surface area contributed by atoms with Gasteiger partial charge in [-0.2, -0.15) is 0 Å². The van der Waals surface area contributed by atoms with Crippen molar-refractivity contribution in [2.45, 2.75) is 44.2 Å². The van der Waals surface area contributed by atoms with Gasteiger partial charge in [-0.25, -0.2) is 4.39 Å². The van der Waals surface area contributed by atoms with Crippen molar-refractivity contribution in [2.24, 2.45) is 0 Å². The standard InChI is InChI=1S/C15H19BrFNO/c16-14-5-4-12(10-15(14)17)19-13-8-11(9-13)18-6-2-1-3-7-18/h4-5,10-11,13H,1-3,6-9H2. The molecule has 104 valence electrons. The Bertz CT molecular complexity index is 442. The third kappa shape index (κ3) is 3.11. The van der Waals surface area contributed by atoms with Gasteiger partial charge in [-0.15, -0.1) is 0 Å². The fourth-order valence-electron chi connectivity index (χ4n) is 2.96. The first-order chi connectivity index (χ1) is 9.22. The van der Waals surface area contributed by atoms with E-state index in [-0.39, 0.29) is 11.9 Å². The van der Waals surface area contributed by atoms with Gasteiger partial charge in [-0.05, 0) is 54.0 Å². The third-order valence-electron chi connectivity index (χ3n) is 4.17. The first-order valence-corrected chi connectivity index (χ1v) is 7.87. The summed E-state index contributed by atoms with van der Waals surface area (Å²) in [7, 11) is 0. The van der Waals surface area contributed by atoms with Gasteiger partial charge in [-0.3, -0.25) is 0 Å². The molecule has 0 bridgehead atoms. The van der Waals surface area contributed by atoms with Gasteiger partial charge in [0.15, 0.2) is 0 Å². The summed E-state index contributed by atoms with van der Waals surface area (Å²) >= 11 is 3.15. The van der Waals surface area contributed by atoms with Crippen LogP contribution in [0, 0.1) is 5.82 Å². The van der Waals surface area contributed by atoms with Crippen LogP contribution in [0.3, 0.4) is 0 Å². The second-order valence-corrected chi connectivity index (χ2v) is 6.39. The number of hydrogen-bond acceptors (Lipinski definition) is 2. The summed E-state index contributed by atoms with van der Waals surface area (Å²) in [6, 6.07) is 5.66. The minimum absolute atomic E-state index is 0.257. The summed E-state index contributed by atoms with van der Waals surface area (Å²) in [5.41, 5.74) is 0. The van der Waals surface area contributed by atoms with Crippen LogP contribution in [0.4, 0.5) is 4.39 Å². The highest BCUT2D eigenvalue weighted by molar-refractivity contribution is 9.10. The zero-order valence-electron chi connectivity index (χ0n) is 10.9. The Morgan fingerprint density at radius 1 is 1.16 bits per heavy atom. The summed E-state index contributed by atoms with van der Waals surface area (Å²) in [4.78, 5) is 2.59. The minimum atomic E-state index is -0.260. The molecule has 0 amide bonds. The van der Waals surface area contributed by atoms with Crippen LogP contribution >= 0.6 is 15.9 Å². The smallest absolute Gasteiger partial charge is 0.141 e. The summed E-state index contributed by atoms with van der Waals surface area (Å²) in [5.74, 6) is 0.382. The molecule has 1 aliphatic heterocycles. The SMILES string of the molecule is Fc1cc(OC2CC(N3CCCCC3)C2)ccc1Br. The molecule has 1 aromatic carbocycles. The van der Waals surface area contributed by atoms with Crippen LogP contribution in [0.25, 0.3) is 0 Å². The van der Waals surface area contributed by atoms with Gasteiger partial charge in [0, 0.05) is 24.9 Å². The van der Waals surface area contributed by atoms with Crippen LogP contribution in [-0.2, 0) is 0 Å². The number of rotatable bonds is 3. The van der Waals surface area contributed by atoms with Crippen LogP contribution in [0.15, 0.2) is 22.7 Å². The lowest BCUT2D eigenvalue weighted by Gasteiger charge is -2.44. The number of benzene rings is 1. The molecule has 0 spiro atoms. The molecule has 0 unspecified atom stereocenters. The second-order valence-electron chi connectivity index (χ2n) is 5.54. The van der Waals surface area contributed by atoms with E-state index in [0.29, 0.717) is 16.3 Å². The van der Waals surface area contributed by atoms with Crippen molar-refractivity contribution in [1.82, 2.24) is 4.90 Å². The molecule has 0 atom stereocenters. The molecule has 4 heteroatoms. The van der Waals surface area contributed by atoms with Gasteiger partial charge in [0.1, 0.15) is 17.7 Å². The first-order valence-electron chi connectivity index (χ1n) is 7.08. The molecule has 1 aromatic rings. The number of ether oxygens (including phenoxy) is 1. The summed E-state index contributed by atoms with van der Waals surface area (Å²) in [6.07, 6.45) is 6.46. The highest BCUT2D eigenvalue weighted by atomic mass is 79.9. The maximum Gasteiger partial charge on any atom is 0.141 e. The van der Waals surface area contributed by atoms with Crippen molar-refractivity contribution >= 4 is 15.9 Å². The molecule has 1 heterocycles. The van der Waals surface area contributed by atoms with E-state index >= 15 is 0 Å². The molecular weight excluding hydrogens is 309 g/mol. The van der Waals surface area contributed by atoms with Crippen molar-refractivity contribution in [3.63, 3.8) is 0 Å². The molecular formula is C15H19BrFNO. The molecule has 0 radical (unpaired) electrons. The van der Waals surface area contributed by atoms with E-state index in [9.17, 15) is 4.39 Å². The van der Waals surface area contributed by atoms with Crippen LogP contribution in [0.1, 0.15) is 32.1 Å². The van der Waals surface area contributed by atoms with Crippen LogP contribution in [0.2, 0.25) is 0 Å². The quantitative estimate of drug-likeness (QED) is 0.832. The van der Waals surface area contributed by atoms with E-state index in [1.807, 2.05) is 6.07 Å². The molecule has 1 aliphatic carbocycles. The van der Waals surface area contributed by atoms with Crippen molar-refractivity contribution < 1.29 is 9.13 Å². The Labute approximate surface area is 122 Å². The lowest BCUT2D eigenvalue weighted by Crippen LogP contribution is -2.50. The summed E-state index contributed by atoms with van der Waals surface area (Å²) in [5, 5.41) is 0. The van der Waals surface area contributed by atoms with Gasteiger partial charge in [-0.1, -0.05) is 6.42 Å². The predicted octanol–water partition coefficient (Wildman–Crippen LogP) is 3.98. The number of nitrogens with zero attached hydrogens (tertiary/aromatic N) is 1. The molecule has 19 heavy (non-hydrogen) atoms. The van der Waals surface area contributed by atoms with Crippen molar-refractivity contribution in [1.29, 1.82) is 0 Å². The van der Waals surface area contributed by atoms with E-state index < -0.39 is 0 Å². The van der Waals surface area contributed by atoms with Crippen molar-refractivity contribution in [3.05, 3.63) is 28.5 Å². The number of likely N-dealkylation sites (tertiary alicyclic amines) is 1. The summed E-state index contributed by atoms with van der Waals surface area (Å²) < 4.78 is 19.7. The Morgan fingerprint density at radius 2 is 1.89 bits per heavy atom. The highest BCUT2D eigenvalue weighted by Crippen LogP contribution is 2.32. The topological polar surface area (TPSA) is 12.5 Å². The first kappa shape index (κ1) is 13.4. The van der Waals surface area contributed by atoms with Gasteiger partial charge in [0.25, 0.3) is 0 Å². The lowest BCUT2D eigenvalue weighted by molar-refractivity contribution is 0.00878. The Kier molecular flexibility index (Phi) is 4.08. The molecule has 2 aliphatic rings. The molecule has 2 fully saturated rings. The number of halogens is 2. The number of hydrogen-bond donors (Lipinski definition) is 0. The highest BCUT2D eigenvalue weighted by Gasteiger charge is 2.35. The maximum atomic E-state index is 13.4. The van der Waals surface area contributed by atoms with E-state index in [1.165, 1.54) is 38.4 Å². The molecule has 2 nitrogen and oxygen atoms in total. The zero-order valence-corrected chi connectivity index (χ0v) is 12.5. The second kappa shape index (κ2) is 5.80. The van der Waals surface area contributed by atoms with E-state index in [2.05, 4.69) is 20.8 Å². The Hall–Kier alpha value is -0.610. The van der Waals surface area contributed by atoms with E-state index in [4.69, 9.17) is 4.74 Å². The van der Waals surface area contributed by atoms with Crippen molar-refractivity contribution in [2.75, 3.05) is 13.1 Å². The molecule has 1 saturated carbocycles. The zero-order chi connectivity index (χ0) is 13.2. The monoisotopic (exact) mass is 327 g/mol. The van der Waals surface area contributed by atoms with Gasteiger partial charge in [0.2, 0.25) is 0 Å². The molecule has 0 aromatic heterocycles. The lowest BCUT2D eigenvalue weighted by atomic mass is 9.86. The van der Waals surface area contributed by atoms with Gasteiger partial charge < -0.3 is 9.64 Å². The third-order valence-corrected chi connectivity index (χ3v) is 4.81. The van der Waals surface area contributed by atoms with Crippen LogP contribution in [0.5, 0.6) is 5.75 Å². The molecule has 3 rings (SSSR count). The summed E-state index contributed by atoms with van der Waals surface area (Å²) in [6.45, 7) is 2.48. The Balaban J connectivity index is 1.49. The average molecular weight is 328 g/mol. The van der Waals surface area contributed by atoms with Gasteiger partial charge in [0.05, 0.1) is 4.47 Å². The fourth-order valence-corrected chi connectivity index (χ4v) is 3.21. The fraction of sp³-hybridized carbons (Fsp3) is 0.600. The van der Waals surface area contributed by atoms with E-state index in [1.54, 1.807) is 6.07 Å². The van der Waals surface area contributed by atoms with E-state index in [0.717, 1.165) is 12.8 Å². The van der Waals surface area contributed by atoms with Gasteiger partial charge >= 0.3 is 0 Å². The Morgan fingerprint density at radius 3 is 2.58 bits per heavy atom. The number of piperidine rings is 1. The normalized spacial score (nSPS) is 27.9. The minimum Gasteiger partial charge on any atom is -0.490 e. The van der Waals surface area contributed by atoms with Crippen LogP contribution < -0.4 is 4.74 Å². The molecule has 0 N–H and O–H groups in total. The largest absolute Gasteiger partial charge is 0.490 e. The molecule has 1 saturated heterocycles. The van der Waals surface area contributed by atoms with Crippen LogP contribution in [-0.4, -0.2) is 30.1 Å². The predicted molar refractivity (Wildman–Crippen MR) is 77.0 cm³/mol. The van der Waals surface area contributed by atoms with Crippen molar-refractivity contribution in [3.8, 4) is 5.75 Å². The average Bonchev–Trinajstić information content (AvgIpc) is 2.38. The maximum absolute atomic E-state index is 13.4.